The molecule has 1 rings (SSSR count). The van der Waals surface area contributed by atoms with Gasteiger partial charge in [0.25, 0.3) is 10.1 Å². The molecular formula is C22H37NO6S. The lowest BCUT2D eigenvalue weighted by Gasteiger charge is -2.08. The summed E-state index contributed by atoms with van der Waals surface area (Å²) < 4.78 is 36.7. The van der Waals surface area contributed by atoms with E-state index in [4.69, 9.17) is 9.29 Å². The predicted octanol–water partition coefficient (Wildman–Crippen LogP) is 6.70. The number of nitro benzene ring substituents is 1. The molecule has 1 N–H and O–H groups in total. The Morgan fingerprint density at radius 3 is 1.77 bits per heavy atom. The molecule has 1 aromatic rings. The van der Waals surface area contributed by atoms with E-state index in [-0.39, 0.29) is 5.75 Å². The number of hydrogen-bond donors (Lipinski definition) is 1. The van der Waals surface area contributed by atoms with Crippen LogP contribution in [-0.4, -0.2) is 24.5 Å². The molecule has 0 aliphatic rings. The van der Waals surface area contributed by atoms with Gasteiger partial charge in [0.15, 0.2) is 5.75 Å². The molecule has 7 nitrogen and oxygen atoms in total. The van der Waals surface area contributed by atoms with Gasteiger partial charge in [0.1, 0.15) is 4.90 Å². The van der Waals surface area contributed by atoms with Gasteiger partial charge in [-0.3, -0.25) is 14.7 Å². The van der Waals surface area contributed by atoms with E-state index in [1.807, 2.05) is 0 Å². The van der Waals surface area contributed by atoms with Gasteiger partial charge in [-0.15, -0.1) is 0 Å². The standard InChI is InChI=1S/C22H37NO6S/c1-2-3-4-5-6-7-8-9-10-11-12-13-14-15-18-29-22-17-16-20(30(26,27)28)19-21(22)23(24)25/h16-17,19H,2-15,18H2,1H3,(H,26,27,28). The largest absolute Gasteiger partial charge is 0.487 e. The van der Waals surface area contributed by atoms with Gasteiger partial charge >= 0.3 is 5.69 Å². The maximum absolute atomic E-state index is 11.1. The highest BCUT2D eigenvalue weighted by atomic mass is 32.2. The minimum absolute atomic E-state index is 0.0158. The van der Waals surface area contributed by atoms with Gasteiger partial charge in [-0.05, 0) is 18.6 Å². The van der Waals surface area contributed by atoms with E-state index in [9.17, 15) is 18.5 Å². The summed E-state index contributed by atoms with van der Waals surface area (Å²) >= 11 is 0. The smallest absolute Gasteiger partial charge is 0.312 e. The Hall–Kier alpha value is -1.67. The molecule has 0 spiro atoms. The highest BCUT2D eigenvalue weighted by Crippen LogP contribution is 2.29. The van der Waals surface area contributed by atoms with Crippen molar-refractivity contribution in [3.63, 3.8) is 0 Å². The Bertz CT molecular complexity index is 720. The summed E-state index contributed by atoms with van der Waals surface area (Å²) in [6, 6.07) is 3.13. The molecular weight excluding hydrogens is 406 g/mol. The van der Waals surface area contributed by atoms with E-state index < -0.39 is 25.6 Å². The van der Waals surface area contributed by atoms with Gasteiger partial charge in [0, 0.05) is 6.07 Å². The maximum Gasteiger partial charge on any atom is 0.312 e. The highest BCUT2D eigenvalue weighted by molar-refractivity contribution is 7.85. The molecule has 0 fully saturated rings. The minimum atomic E-state index is -4.49. The van der Waals surface area contributed by atoms with Crippen molar-refractivity contribution >= 4 is 15.8 Å². The van der Waals surface area contributed by atoms with Crippen LogP contribution in [0.15, 0.2) is 23.1 Å². The molecule has 0 amide bonds. The zero-order valence-corrected chi connectivity index (χ0v) is 19.0. The molecule has 0 radical (unpaired) electrons. The Morgan fingerprint density at radius 2 is 1.33 bits per heavy atom. The van der Waals surface area contributed by atoms with E-state index in [1.54, 1.807) is 0 Å². The van der Waals surface area contributed by atoms with Crippen molar-refractivity contribution < 1.29 is 22.6 Å². The molecule has 0 aliphatic carbocycles. The molecule has 0 heterocycles. The molecule has 0 bridgehead atoms. The Labute approximate surface area is 181 Å². The molecule has 1 aromatic carbocycles. The number of nitro groups is 1. The zero-order valence-electron chi connectivity index (χ0n) is 18.2. The molecule has 0 atom stereocenters. The van der Waals surface area contributed by atoms with Crippen LogP contribution in [0.2, 0.25) is 0 Å². The number of ether oxygens (including phenoxy) is 1. The van der Waals surface area contributed by atoms with Crippen molar-refractivity contribution in [2.75, 3.05) is 6.61 Å². The SMILES string of the molecule is CCCCCCCCCCCCCCCCOc1ccc(S(=O)(=O)O)cc1[N+](=O)[O-]. The first-order chi connectivity index (χ1) is 14.4. The first-order valence-electron chi connectivity index (χ1n) is 11.2. The summed E-state index contributed by atoms with van der Waals surface area (Å²) in [5.41, 5.74) is -0.463. The average Bonchev–Trinajstić information content (AvgIpc) is 2.70. The fraction of sp³-hybridized carbons (Fsp3) is 0.727. The molecule has 0 aromatic heterocycles. The van der Waals surface area contributed by atoms with Crippen molar-refractivity contribution in [1.82, 2.24) is 0 Å². The normalized spacial score (nSPS) is 11.5. The number of nitrogens with zero attached hydrogens (tertiary/aromatic N) is 1. The minimum Gasteiger partial charge on any atom is -0.487 e. The number of unbranched alkanes of at least 4 members (excludes halogenated alkanes) is 13. The van der Waals surface area contributed by atoms with Crippen LogP contribution < -0.4 is 4.74 Å². The van der Waals surface area contributed by atoms with Crippen LogP contribution >= 0.6 is 0 Å². The summed E-state index contributed by atoms with van der Waals surface area (Å²) in [6.45, 7) is 2.58. The van der Waals surface area contributed by atoms with E-state index >= 15 is 0 Å². The maximum atomic E-state index is 11.1. The molecule has 8 heteroatoms. The number of hydrogen-bond acceptors (Lipinski definition) is 5. The lowest BCUT2D eigenvalue weighted by atomic mass is 10.0. The van der Waals surface area contributed by atoms with Gasteiger partial charge in [-0.1, -0.05) is 90.4 Å². The van der Waals surface area contributed by atoms with Gasteiger partial charge in [-0.2, -0.15) is 8.42 Å². The molecule has 0 unspecified atom stereocenters. The van der Waals surface area contributed by atoms with Gasteiger partial charge in [0.2, 0.25) is 0 Å². The second kappa shape index (κ2) is 15.2. The van der Waals surface area contributed by atoms with Crippen molar-refractivity contribution in [2.24, 2.45) is 0 Å². The molecule has 172 valence electrons. The van der Waals surface area contributed by atoms with Crippen LogP contribution in [0.3, 0.4) is 0 Å². The lowest BCUT2D eigenvalue weighted by Crippen LogP contribution is -2.03. The molecule has 0 saturated heterocycles. The summed E-state index contributed by atoms with van der Waals surface area (Å²) in [5, 5.41) is 11.1. The zero-order chi connectivity index (χ0) is 22.2. The average molecular weight is 444 g/mol. The monoisotopic (exact) mass is 443 g/mol. The van der Waals surface area contributed by atoms with E-state index in [2.05, 4.69) is 6.92 Å². The van der Waals surface area contributed by atoms with E-state index in [0.717, 1.165) is 31.4 Å². The fourth-order valence-corrected chi connectivity index (χ4v) is 3.90. The predicted molar refractivity (Wildman–Crippen MR) is 119 cm³/mol. The number of rotatable bonds is 18. The third kappa shape index (κ3) is 11.5. The van der Waals surface area contributed by atoms with E-state index in [0.29, 0.717) is 6.61 Å². The summed E-state index contributed by atoms with van der Waals surface area (Å²) in [5.74, 6) is 0.0158. The first kappa shape index (κ1) is 26.4. The Morgan fingerprint density at radius 1 is 0.867 bits per heavy atom. The van der Waals surface area contributed by atoms with Crippen LogP contribution in [0.1, 0.15) is 96.8 Å². The highest BCUT2D eigenvalue weighted by Gasteiger charge is 2.20. The van der Waals surface area contributed by atoms with Crippen LogP contribution in [0.25, 0.3) is 0 Å². The summed E-state index contributed by atoms with van der Waals surface area (Å²) in [7, 11) is -4.49. The van der Waals surface area contributed by atoms with Gasteiger partial charge in [-0.25, -0.2) is 0 Å². The molecule has 30 heavy (non-hydrogen) atoms. The van der Waals surface area contributed by atoms with Gasteiger partial charge in [0.05, 0.1) is 11.5 Å². The quantitative estimate of drug-likeness (QED) is 0.117. The van der Waals surface area contributed by atoms with Gasteiger partial charge < -0.3 is 4.74 Å². The van der Waals surface area contributed by atoms with Crippen molar-refractivity contribution in [3.8, 4) is 5.75 Å². The van der Waals surface area contributed by atoms with Crippen LogP contribution in [0.5, 0.6) is 5.75 Å². The topological polar surface area (TPSA) is 107 Å². The Balaban J connectivity index is 2.10. The third-order valence-electron chi connectivity index (χ3n) is 5.18. The number of benzene rings is 1. The summed E-state index contributed by atoms with van der Waals surface area (Å²) in [6.07, 6.45) is 17.4. The summed E-state index contributed by atoms with van der Waals surface area (Å²) in [4.78, 5) is 9.88. The molecule has 0 aliphatic heterocycles. The first-order valence-corrected chi connectivity index (χ1v) is 12.7. The van der Waals surface area contributed by atoms with Crippen molar-refractivity contribution in [1.29, 1.82) is 0 Å². The molecule has 0 saturated carbocycles. The van der Waals surface area contributed by atoms with E-state index in [1.165, 1.54) is 76.7 Å². The van der Waals surface area contributed by atoms with Crippen molar-refractivity contribution in [3.05, 3.63) is 28.3 Å². The lowest BCUT2D eigenvalue weighted by molar-refractivity contribution is -0.386. The second-order valence-corrected chi connectivity index (χ2v) is 9.23. The second-order valence-electron chi connectivity index (χ2n) is 7.81. The van der Waals surface area contributed by atoms with Crippen LogP contribution in [0, 0.1) is 10.1 Å². The van der Waals surface area contributed by atoms with Crippen LogP contribution in [-0.2, 0) is 10.1 Å². The van der Waals surface area contributed by atoms with Crippen LogP contribution in [0.4, 0.5) is 5.69 Å². The Kier molecular flexibility index (Phi) is 13.3. The van der Waals surface area contributed by atoms with Crippen molar-refractivity contribution in [2.45, 2.75) is 102 Å². The fourth-order valence-electron chi connectivity index (χ4n) is 3.40. The third-order valence-corrected chi connectivity index (χ3v) is 6.03.